The van der Waals surface area contributed by atoms with Gasteiger partial charge in [0.2, 0.25) is 0 Å². The van der Waals surface area contributed by atoms with Crippen molar-refractivity contribution in [2.75, 3.05) is 11.7 Å². The van der Waals surface area contributed by atoms with E-state index >= 15 is 0 Å². The standard InChI is InChI=1S/C17H25O3PS/c18-16(19)17(20,11-14-7-3-1-4-8-14)12-21-13-22-15-9-5-2-6-10-15/h2,5-6,9-10,14,20-21H,1,3-4,7-8,11-13H2,(H,18,19). The zero-order valence-corrected chi connectivity index (χ0v) is 14.6. The molecule has 122 valence electrons. The number of benzene rings is 1. The van der Waals surface area contributed by atoms with Gasteiger partial charge >= 0.3 is 5.97 Å². The van der Waals surface area contributed by atoms with Gasteiger partial charge in [0.25, 0.3) is 0 Å². The van der Waals surface area contributed by atoms with Crippen molar-refractivity contribution < 1.29 is 15.0 Å². The third-order valence-electron chi connectivity index (χ3n) is 4.25. The topological polar surface area (TPSA) is 57.5 Å². The van der Waals surface area contributed by atoms with Crippen LogP contribution in [0.2, 0.25) is 0 Å². The summed E-state index contributed by atoms with van der Waals surface area (Å²) in [6.07, 6.45) is 6.52. The van der Waals surface area contributed by atoms with Crippen LogP contribution in [0.5, 0.6) is 0 Å². The van der Waals surface area contributed by atoms with Gasteiger partial charge in [-0.2, -0.15) is 0 Å². The van der Waals surface area contributed by atoms with E-state index in [1.807, 2.05) is 18.2 Å². The van der Waals surface area contributed by atoms with Crippen molar-refractivity contribution in [2.24, 2.45) is 5.92 Å². The van der Waals surface area contributed by atoms with E-state index < -0.39 is 11.6 Å². The maximum atomic E-state index is 11.5. The molecule has 2 unspecified atom stereocenters. The quantitative estimate of drug-likeness (QED) is 0.423. The van der Waals surface area contributed by atoms with Gasteiger partial charge in [0.1, 0.15) is 0 Å². The number of hydrogen-bond acceptors (Lipinski definition) is 3. The fourth-order valence-corrected chi connectivity index (χ4v) is 5.55. The van der Waals surface area contributed by atoms with Crippen molar-refractivity contribution in [3.8, 4) is 0 Å². The van der Waals surface area contributed by atoms with E-state index in [0.717, 1.165) is 18.3 Å². The normalized spacial score (nSPS) is 19.3. The molecule has 22 heavy (non-hydrogen) atoms. The van der Waals surface area contributed by atoms with E-state index in [-0.39, 0.29) is 0 Å². The molecule has 3 nitrogen and oxygen atoms in total. The van der Waals surface area contributed by atoms with Gasteiger partial charge in [-0.25, -0.2) is 4.79 Å². The van der Waals surface area contributed by atoms with E-state index in [0.29, 0.717) is 27.1 Å². The van der Waals surface area contributed by atoms with Crippen molar-refractivity contribution in [2.45, 2.75) is 49.0 Å². The highest BCUT2D eigenvalue weighted by molar-refractivity contribution is 8.03. The van der Waals surface area contributed by atoms with Crippen LogP contribution in [0.15, 0.2) is 35.2 Å². The molecule has 0 amide bonds. The Kier molecular flexibility index (Phi) is 7.20. The Morgan fingerprint density at radius 1 is 1.23 bits per heavy atom. The van der Waals surface area contributed by atoms with Gasteiger partial charge in [-0.3, -0.25) is 0 Å². The molecule has 2 rings (SSSR count). The van der Waals surface area contributed by atoms with Gasteiger partial charge in [0.15, 0.2) is 5.60 Å². The average Bonchev–Trinajstić information content (AvgIpc) is 2.53. The molecule has 0 spiro atoms. The number of carboxylic acids is 1. The van der Waals surface area contributed by atoms with E-state index in [9.17, 15) is 15.0 Å². The molecular formula is C17H25O3PS. The first-order chi connectivity index (χ1) is 10.6. The third-order valence-corrected chi connectivity index (χ3v) is 7.08. The second-order valence-corrected chi connectivity index (χ2v) is 8.84. The summed E-state index contributed by atoms with van der Waals surface area (Å²) in [5.74, 6) is -0.670. The molecule has 2 atom stereocenters. The van der Waals surface area contributed by atoms with Crippen molar-refractivity contribution >= 4 is 26.3 Å². The summed E-state index contributed by atoms with van der Waals surface area (Å²) >= 11 is 1.73. The molecule has 0 heterocycles. The second-order valence-electron chi connectivity index (χ2n) is 6.07. The summed E-state index contributed by atoms with van der Waals surface area (Å²) in [5.41, 5.74) is -0.665. The van der Waals surface area contributed by atoms with Crippen LogP contribution in [0.4, 0.5) is 0 Å². The van der Waals surface area contributed by atoms with E-state index in [1.54, 1.807) is 11.8 Å². The van der Waals surface area contributed by atoms with Crippen LogP contribution in [0.3, 0.4) is 0 Å². The summed E-state index contributed by atoms with van der Waals surface area (Å²) < 4.78 is 0. The minimum Gasteiger partial charge on any atom is -0.479 e. The summed E-state index contributed by atoms with van der Waals surface area (Å²) in [6, 6.07) is 10.1. The minimum absolute atomic E-state index is 0.374. The van der Waals surface area contributed by atoms with E-state index in [2.05, 4.69) is 12.1 Å². The smallest absolute Gasteiger partial charge is 0.336 e. The predicted octanol–water partition coefficient (Wildman–Crippen LogP) is 4.20. The van der Waals surface area contributed by atoms with Crippen LogP contribution >= 0.6 is 20.3 Å². The maximum absolute atomic E-state index is 11.5. The van der Waals surface area contributed by atoms with Crippen molar-refractivity contribution in [3.63, 3.8) is 0 Å². The molecule has 0 saturated heterocycles. The Hall–Kier alpha value is -0.570. The third kappa shape index (κ3) is 5.57. The highest BCUT2D eigenvalue weighted by Crippen LogP contribution is 2.35. The van der Waals surface area contributed by atoms with Gasteiger partial charge in [-0.1, -0.05) is 50.3 Å². The van der Waals surface area contributed by atoms with Gasteiger partial charge < -0.3 is 10.2 Å². The number of aliphatic hydroxyl groups is 1. The van der Waals surface area contributed by atoms with Crippen molar-refractivity contribution in [1.29, 1.82) is 0 Å². The molecule has 1 fully saturated rings. The van der Waals surface area contributed by atoms with Crippen molar-refractivity contribution in [3.05, 3.63) is 30.3 Å². The lowest BCUT2D eigenvalue weighted by Gasteiger charge is -2.30. The first-order valence-corrected chi connectivity index (χ1v) is 10.3. The fourth-order valence-electron chi connectivity index (χ4n) is 3.01. The Morgan fingerprint density at radius 2 is 1.91 bits per heavy atom. The second kappa shape index (κ2) is 8.90. The number of carboxylic acid groups (broad SMARTS) is 1. The summed E-state index contributed by atoms with van der Waals surface area (Å²) in [6.45, 7) is 0. The molecular weight excluding hydrogens is 315 g/mol. The monoisotopic (exact) mass is 340 g/mol. The Labute approximate surface area is 138 Å². The predicted molar refractivity (Wildman–Crippen MR) is 94.1 cm³/mol. The van der Waals surface area contributed by atoms with Crippen LogP contribution in [0.25, 0.3) is 0 Å². The first kappa shape index (κ1) is 17.8. The zero-order chi connectivity index (χ0) is 15.8. The Bertz CT molecular complexity index is 462. The van der Waals surface area contributed by atoms with E-state index in [4.69, 9.17) is 0 Å². The number of carbonyl (C=O) groups is 1. The molecule has 1 aromatic rings. The highest BCUT2D eigenvalue weighted by atomic mass is 32.2. The fraction of sp³-hybridized carbons (Fsp3) is 0.588. The molecule has 1 aliphatic carbocycles. The molecule has 5 heteroatoms. The summed E-state index contributed by atoms with van der Waals surface area (Å²) in [5, 5.41) is 20.0. The number of thioether (sulfide) groups is 1. The number of rotatable bonds is 8. The van der Waals surface area contributed by atoms with Gasteiger partial charge in [0, 0.05) is 16.6 Å². The lowest BCUT2D eigenvalue weighted by Crippen LogP contribution is -2.43. The molecule has 1 saturated carbocycles. The number of hydrogen-bond donors (Lipinski definition) is 2. The van der Waals surface area contributed by atoms with Crippen molar-refractivity contribution in [1.82, 2.24) is 0 Å². The van der Waals surface area contributed by atoms with Gasteiger partial charge in [-0.05, 0) is 24.5 Å². The van der Waals surface area contributed by atoms with Crippen LogP contribution in [-0.4, -0.2) is 33.4 Å². The average molecular weight is 340 g/mol. The molecule has 1 aliphatic rings. The van der Waals surface area contributed by atoms with Crippen LogP contribution in [-0.2, 0) is 4.79 Å². The molecule has 0 bridgehead atoms. The van der Waals surface area contributed by atoms with Crippen LogP contribution in [0.1, 0.15) is 38.5 Å². The lowest BCUT2D eigenvalue weighted by molar-refractivity contribution is -0.158. The SMILES string of the molecule is O=C(O)C(O)(CPCSc1ccccc1)CC1CCCCC1. The molecule has 1 aromatic carbocycles. The maximum Gasteiger partial charge on any atom is 0.336 e. The minimum atomic E-state index is -1.53. The van der Waals surface area contributed by atoms with Gasteiger partial charge in [0.05, 0.1) is 0 Å². The molecule has 0 radical (unpaired) electrons. The van der Waals surface area contributed by atoms with E-state index in [1.165, 1.54) is 24.2 Å². The zero-order valence-electron chi connectivity index (χ0n) is 12.8. The Morgan fingerprint density at radius 3 is 2.55 bits per heavy atom. The Balaban J connectivity index is 1.78. The lowest BCUT2D eigenvalue weighted by atomic mass is 9.81. The summed E-state index contributed by atoms with van der Waals surface area (Å²) in [4.78, 5) is 12.7. The largest absolute Gasteiger partial charge is 0.479 e. The number of aliphatic carboxylic acids is 1. The van der Waals surface area contributed by atoms with Crippen LogP contribution < -0.4 is 0 Å². The first-order valence-electron chi connectivity index (χ1n) is 7.94. The van der Waals surface area contributed by atoms with Gasteiger partial charge in [-0.15, -0.1) is 20.3 Å². The molecule has 0 aliphatic heterocycles. The summed E-state index contributed by atoms with van der Waals surface area (Å²) in [7, 11) is 0.455. The highest BCUT2D eigenvalue weighted by Gasteiger charge is 2.38. The molecule has 0 aromatic heterocycles. The van der Waals surface area contributed by atoms with Crippen LogP contribution in [0, 0.1) is 5.92 Å². The molecule has 2 N–H and O–H groups in total.